The molecule has 0 saturated heterocycles. The number of thiazole rings is 1. The lowest BCUT2D eigenvalue weighted by atomic mass is 10.1. The van der Waals surface area contributed by atoms with Gasteiger partial charge in [0.25, 0.3) is 0 Å². The van der Waals surface area contributed by atoms with Crippen molar-refractivity contribution in [3.05, 3.63) is 40.1 Å². The number of imidazole rings is 1. The van der Waals surface area contributed by atoms with Gasteiger partial charge < -0.3 is 9.47 Å². The molecule has 1 aliphatic rings. The maximum atomic E-state index is 12.6. The van der Waals surface area contributed by atoms with Crippen LogP contribution in [-0.4, -0.2) is 41.5 Å². The highest BCUT2D eigenvalue weighted by Crippen LogP contribution is 2.22. The number of carbonyl (C=O) groups is 1. The molecule has 0 unspecified atom stereocenters. The van der Waals surface area contributed by atoms with Gasteiger partial charge in [-0.1, -0.05) is 25.4 Å². The molecule has 7 nitrogen and oxygen atoms in total. The van der Waals surface area contributed by atoms with E-state index in [1.807, 2.05) is 16.0 Å². The predicted octanol–water partition coefficient (Wildman–Crippen LogP) is 2.89. The average molecular weight is 391 g/mol. The maximum absolute atomic E-state index is 12.6. The molecule has 26 heavy (non-hydrogen) atoms. The first kappa shape index (κ1) is 17.2. The van der Waals surface area contributed by atoms with Crippen LogP contribution in [0.15, 0.2) is 17.7 Å². The van der Waals surface area contributed by atoms with Gasteiger partial charge in [-0.2, -0.15) is 0 Å². The molecule has 4 heterocycles. The van der Waals surface area contributed by atoms with Gasteiger partial charge in [-0.15, -0.1) is 21.5 Å². The number of fused-ring (bicyclic) bond motifs is 2. The van der Waals surface area contributed by atoms with Crippen LogP contribution in [0.4, 0.5) is 0 Å². The number of halogens is 1. The summed E-state index contributed by atoms with van der Waals surface area (Å²) < 4.78 is 4.01. The van der Waals surface area contributed by atoms with Crippen LogP contribution >= 0.6 is 22.9 Å². The van der Waals surface area contributed by atoms with Gasteiger partial charge in [0, 0.05) is 37.2 Å². The Morgan fingerprint density at radius 3 is 3.04 bits per heavy atom. The normalized spacial score (nSPS) is 14.7. The molecule has 0 atom stereocenters. The predicted molar refractivity (Wildman–Crippen MR) is 101 cm³/mol. The molecule has 136 valence electrons. The molecular formula is C17H19ClN6OS. The van der Waals surface area contributed by atoms with E-state index in [1.54, 1.807) is 17.1 Å². The summed E-state index contributed by atoms with van der Waals surface area (Å²) in [5, 5.41) is 10.9. The minimum absolute atomic E-state index is 0.0640. The zero-order valence-corrected chi connectivity index (χ0v) is 16.2. The first-order chi connectivity index (χ1) is 12.5. The lowest BCUT2D eigenvalue weighted by Crippen LogP contribution is -2.38. The van der Waals surface area contributed by atoms with Crippen molar-refractivity contribution in [1.29, 1.82) is 0 Å². The smallest absolute Gasteiger partial charge is 0.247 e. The Balaban J connectivity index is 1.49. The van der Waals surface area contributed by atoms with Gasteiger partial charge in [0.1, 0.15) is 5.82 Å². The lowest BCUT2D eigenvalue weighted by Gasteiger charge is -2.27. The van der Waals surface area contributed by atoms with Crippen molar-refractivity contribution in [2.24, 2.45) is 5.92 Å². The fraction of sp³-hybridized carbons (Fsp3) is 0.412. The third-order valence-corrected chi connectivity index (χ3v) is 5.40. The van der Waals surface area contributed by atoms with E-state index in [0.717, 1.165) is 35.3 Å². The molecule has 1 amide bonds. The third-order valence-electron chi connectivity index (χ3n) is 4.37. The number of hydrogen-bond acceptors (Lipinski definition) is 5. The highest BCUT2D eigenvalue weighted by atomic mass is 35.5. The number of amides is 1. The van der Waals surface area contributed by atoms with E-state index in [9.17, 15) is 4.79 Å². The van der Waals surface area contributed by atoms with E-state index in [0.29, 0.717) is 24.2 Å². The summed E-state index contributed by atoms with van der Waals surface area (Å²) in [6, 6.07) is 0. The summed E-state index contributed by atoms with van der Waals surface area (Å²) in [6.07, 6.45) is 6.06. The van der Waals surface area contributed by atoms with Crippen LogP contribution in [-0.2, 0) is 24.3 Å². The van der Waals surface area contributed by atoms with Crippen molar-refractivity contribution in [2.45, 2.75) is 33.4 Å². The maximum Gasteiger partial charge on any atom is 0.247 e. The first-order valence-corrected chi connectivity index (χ1v) is 9.77. The summed E-state index contributed by atoms with van der Waals surface area (Å²) in [5.41, 5.74) is 0.718. The quantitative estimate of drug-likeness (QED) is 0.642. The van der Waals surface area contributed by atoms with Crippen LogP contribution in [0.3, 0.4) is 0 Å². The summed E-state index contributed by atoms with van der Waals surface area (Å²) in [6.45, 7) is 6.18. The van der Waals surface area contributed by atoms with E-state index in [-0.39, 0.29) is 5.91 Å². The first-order valence-electron chi connectivity index (χ1n) is 8.52. The molecule has 3 aromatic heterocycles. The minimum atomic E-state index is -0.0640. The van der Waals surface area contributed by atoms with Crippen molar-refractivity contribution in [1.82, 2.24) is 29.0 Å². The van der Waals surface area contributed by atoms with Crippen LogP contribution < -0.4 is 0 Å². The Labute approximate surface area is 159 Å². The molecule has 0 aliphatic carbocycles. The summed E-state index contributed by atoms with van der Waals surface area (Å²) >= 11 is 7.67. The molecule has 0 N–H and O–H groups in total. The van der Waals surface area contributed by atoms with Crippen LogP contribution in [0.5, 0.6) is 0 Å². The number of aromatic nitrogens is 5. The molecule has 0 bridgehead atoms. The zero-order chi connectivity index (χ0) is 18.3. The standard InChI is InChI=1S/C17H19ClN6OS/c1-11(2)9-13-20-21-14-10-22(5-6-24(13)14)15(25)4-3-12-16(18)19-17-23(12)7-8-26-17/h3-4,7-8,11H,5-6,9-10H2,1-2H3/b4-3-. The highest BCUT2D eigenvalue weighted by Gasteiger charge is 2.23. The number of carbonyl (C=O) groups excluding carboxylic acids is 1. The van der Waals surface area contributed by atoms with E-state index < -0.39 is 0 Å². The number of nitrogens with zero attached hydrogens (tertiary/aromatic N) is 6. The second-order valence-corrected chi connectivity index (χ2v) is 7.95. The Morgan fingerprint density at radius 2 is 2.23 bits per heavy atom. The van der Waals surface area contributed by atoms with Crippen molar-refractivity contribution in [3.63, 3.8) is 0 Å². The van der Waals surface area contributed by atoms with Gasteiger partial charge in [-0.3, -0.25) is 9.20 Å². The van der Waals surface area contributed by atoms with E-state index >= 15 is 0 Å². The van der Waals surface area contributed by atoms with Crippen LogP contribution in [0.25, 0.3) is 11.0 Å². The molecule has 9 heteroatoms. The van der Waals surface area contributed by atoms with E-state index in [4.69, 9.17) is 11.6 Å². The molecule has 0 aromatic carbocycles. The fourth-order valence-corrected chi connectivity index (χ4v) is 4.11. The van der Waals surface area contributed by atoms with Gasteiger partial charge >= 0.3 is 0 Å². The van der Waals surface area contributed by atoms with Crippen molar-refractivity contribution >= 4 is 39.9 Å². The van der Waals surface area contributed by atoms with Crippen molar-refractivity contribution < 1.29 is 4.79 Å². The lowest BCUT2D eigenvalue weighted by molar-refractivity contribution is -0.127. The Morgan fingerprint density at radius 1 is 1.38 bits per heavy atom. The topological polar surface area (TPSA) is 68.3 Å². The molecule has 1 aliphatic heterocycles. The second-order valence-electron chi connectivity index (χ2n) is 6.72. The Bertz CT molecular complexity index is 985. The SMILES string of the molecule is CC(C)Cc1nnc2n1CCN(C(=O)/C=C\c1c(Cl)nc3sccn13)C2. The van der Waals surface area contributed by atoms with Crippen molar-refractivity contribution in [3.8, 4) is 0 Å². The Kier molecular flexibility index (Phi) is 4.54. The van der Waals surface area contributed by atoms with Crippen LogP contribution in [0, 0.1) is 5.92 Å². The van der Waals surface area contributed by atoms with Gasteiger partial charge in [-0.05, 0) is 12.0 Å². The summed E-state index contributed by atoms with van der Waals surface area (Å²) in [5.74, 6) is 2.31. The van der Waals surface area contributed by atoms with Gasteiger partial charge in [0.05, 0.1) is 12.2 Å². The molecule has 0 spiro atoms. The van der Waals surface area contributed by atoms with Gasteiger partial charge in [0.2, 0.25) is 5.91 Å². The number of rotatable bonds is 4. The average Bonchev–Trinajstić information content (AvgIpc) is 3.28. The van der Waals surface area contributed by atoms with Gasteiger partial charge in [-0.25, -0.2) is 4.98 Å². The molecule has 0 radical (unpaired) electrons. The fourth-order valence-electron chi connectivity index (χ4n) is 3.10. The Hall–Kier alpha value is -2.19. The molecule has 0 fully saturated rings. The largest absolute Gasteiger partial charge is 0.330 e. The van der Waals surface area contributed by atoms with E-state index in [1.165, 1.54) is 11.3 Å². The molecule has 3 aromatic rings. The monoisotopic (exact) mass is 390 g/mol. The number of hydrogen-bond donors (Lipinski definition) is 0. The molecule has 0 saturated carbocycles. The van der Waals surface area contributed by atoms with Crippen molar-refractivity contribution in [2.75, 3.05) is 6.54 Å². The third kappa shape index (κ3) is 3.14. The van der Waals surface area contributed by atoms with Crippen LogP contribution in [0.1, 0.15) is 31.2 Å². The molecule has 4 rings (SSSR count). The van der Waals surface area contributed by atoms with Crippen LogP contribution in [0.2, 0.25) is 5.15 Å². The summed E-state index contributed by atoms with van der Waals surface area (Å²) in [4.78, 5) is 19.4. The highest BCUT2D eigenvalue weighted by molar-refractivity contribution is 7.15. The van der Waals surface area contributed by atoms with Gasteiger partial charge in [0.15, 0.2) is 15.9 Å². The molecular weight excluding hydrogens is 372 g/mol. The zero-order valence-electron chi connectivity index (χ0n) is 14.6. The minimum Gasteiger partial charge on any atom is -0.330 e. The second kappa shape index (κ2) is 6.85. The summed E-state index contributed by atoms with van der Waals surface area (Å²) in [7, 11) is 0. The van der Waals surface area contributed by atoms with E-state index in [2.05, 4.69) is 33.6 Å².